The minimum atomic E-state index is -0.0890. The second-order valence-corrected chi connectivity index (χ2v) is 36.8. The van der Waals surface area contributed by atoms with Gasteiger partial charge < -0.3 is 17.8 Å². The van der Waals surface area contributed by atoms with Crippen LogP contribution in [0.15, 0.2) is 353 Å². The molecule has 0 fully saturated rings. The van der Waals surface area contributed by atoms with E-state index in [9.17, 15) is 0 Å². The monoisotopic (exact) mass is 1550 g/mol. The van der Waals surface area contributed by atoms with Crippen molar-refractivity contribution in [2.24, 2.45) is 0 Å². The van der Waals surface area contributed by atoms with E-state index in [1.54, 1.807) is 0 Å². The van der Waals surface area contributed by atoms with Crippen molar-refractivity contribution in [3.8, 4) is 50.7 Å². The van der Waals surface area contributed by atoms with E-state index in [-0.39, 0.29) is 32.5 Å². The molecule has 0 aliphatic carbocycles. The number of para-hydroxylation sites is 6. The highest BCUT2D eigenvalue weighted by Gasteiger charge is 2.25. The number of hydrogen-bond donors (Lipinski definition) is 0. The van der Waals surface area contributed by atoms with E-state index in [4.69, 9.17) is 28.2 Å². The lowest BCUT2D eigenvalue weighted by molar-refractivity contribution is 0.547. The van der Waals surface area contributed by atoms with E-state index >= 15 is 0 Å². The van der Waals surface area contributed by atoms with Crippen LogP contribution in [0.4, 0.5) is 0 Å². The van der Waals surface area contributed by atoms with Gasteiger partial charge in [0.2, 0.25) is 0 Å². The Kier molecular flexibility index (Phi) is 23.5. The van der Waals surface area contributed by atoms with Crippen LogP contribution in [0.25, 0.3) is 138 Å². The molecule has 0 N–H and O–H groups in total. The first-order chi connectivity index (χ1) is 56.3. The molecule has 118 heavy (non-hydrogen) atoms. The van der Waals surface area contributed by atoms with Crippen molar-refractivity contribution in [3.05, 3.63) is 373 Å². The van der Waals surface area contributed by atoms with Gasteiger partial charge in [-0.15, -0.1) is 0 Å². The molecule has 6 heterocycles. The number of nitrogens with zero attached hydrogens (tertiary/aromatic N) is 4. The molecule has 592 valence electrons. The van der Waals surface area contributed by atoms with Crippen LogP contribution < -0.4 is 0 Å². The Balaban J connectivity index is 0.000000117. The van der Waals surface area contributed by atoms with Gasteiger partial charge in [0.25, 0.3) is 0 Å². The van der Waals surface area contributed by atoms with Gasteiger partial charge >= 0.3 is 0 Å². The number of pyridine rings is 1. The number of benzene rings is 13. The van der Waals surface area contributed by atoms with Crippen molar-refractivity contribution in [3.63, 3.8) is 0 Å². The fourth-order valence-electron chi connectivity index (χ4n) is 15.0. The van der Waals surface area contributed by atoms with Gasteiger partial charge in [0, 0.05) is 82.0 Å². The molecule has 0 saturated carbocycles. The average Bonchev–Trinajstić information content (AvgIpc) is 1.41. The summed E-state index contributed by atoms with van der Waals surface area (Å²) in [5.41, 5.74) is 25.4. The smallest absolute Gasteiger partial charge is 0.139 e. The Labute approximate surface area is 697 Å². The van der Waals surface area contributed by atoms with E-state index in [2.05, 4.69) is 378 Å². The van der Waals surface area contributed by atoms with Gasteiger partial charge in [-0.3, -0.25) is 0 Å². The first kappa shape index (κ1) is 81.8. The molecule has 0 radical (unpaired) electrons. The maximum Gasteiger partial charge on any atom is 0.139 e. The summed E-state index contributed by atoms with van der Waals surface area (Å²) in [5, 5.41) is 9.96. The molecule has 7 heteroatoms. The van der Waals surface area contributed by atoms with Crippen LogP contribution >= 0.6 is 0 Å². The summed E-state index contributed by atoms with van der Waals surface area (Å²) in [5.74, 6) is 0.868. The summed E-state index contributed by atoms with van der Waals surface area (Å²) in [6.07, 6.45) is 0. The van der Waals surface area contributed by atoms with Gasteiger partial charge in [-0.05, 0) is 134 Å². The molecule has 0 aliphatic rings. The van der Waals surface area contributed by atoms with Crippen LogP contribution in [0.5, 0.6) is 0 Å². The molecule has 13 aromatic carbocycles. The third-order valence-electron chi connectivity index (χ3n) is 21.6. The molecule has 19 rings (SSSR count). The number of furan rings is 3. The quantitative estimate of drug-likeness (QED) is 0.171. The summed E-state index contributed by atoms with van der Waals surface area (Å²) in [4.78, 5) is 14.5. The predicted octanol–water partition coefficient (Wildman–Crippen LogP) is 31.6. The van der Waals surface area contributed by atoms with Gasteiger partial charge in [0.1, 0.15) is 39.3 Å². The van der Waals surface area contributed by atoms with E-state index < -0.39 is 0 Å². The Morgan fingerprint density at radius 3 is 1.07 bits per heavy atom. The molecule has 0 bridgehead atoms. The summed E-state index contributed by atoms with van der Waals surface area (Å²) in [6, 6.07) is 118. The third-order valence-corrected chi connectivity index (χ3v) is 21.6. The van der Waals surface area contributed by atoms with Gasteiger partial charge in [0.15, 0.2) is 0 Å². The molecular formula is C111H110N4O3. The van der Waals surface area contributed by atoms with Crippen LogP contribution in [-0.4, -0.2) is 19.5 Å². The SMILES string of the molecule is CC(C)(C)c1cc(-c2ccccc2)nc(-c2ccccc2)c1.CC(C)(C)c1ccc2c(c1)c1ccccc1n2-c1ccccc1.CC(C)(C)c1ccc2oc3ccccc3c2c1.CC(C)(C)c1cccc2c1oc1ccccc12.CC(C)(C)c1cccc2oc3ccccc3c12.CC(C)(C)c1nc(-c2ccccc2)cc(-c2ccccc2)n1. The largest absolute Gasteiger partial charge is 0.456 e. The third kappa shape index (κ3) is 18.6. The lowest BCUT2D eigenvalue weighted by atomic mass is 9.84. The normalized spacial score (nSPS) is 12.0. The van der Waals surface area contributed by atoms with Gasteiger partial charge in [0.05, 0.1) is 33.8 Å². The zero-order chi connectivity index (χ0) is 83.3. The van der Waals surface area contributed by atoms with Crippen molar-refractivity contribution in [1.29, 1.82) is 0 Å². The maximum absolute atomic E-state index is 6.01. The molecule has 19 aromatic rings. The first-order valence-corrected chi connectivity index (χ1v) is 41.3. The molecular weight excluding hydrogens is 1440 g/mol. The van der Waals surface area contributed by atoms with Gasteiger partial charge in [-0.2, -0.15) is 0 Å². The lowest BCUT2D eigenvalue weighted by Gasteiger charge is -2.21. The summed E-state index contributed by atoms with van der Waals surface area (Å²) < 4.78 is 20.1. The highest BCUT2D eigenvalue weighted by molar-refractivity contribution is 6.10. The molecule has 0 spiro atoms. The van der Waals surface area contributed by atoms with Crippen LogP contribution in [0, 0.1) is 0 Å². The van der Waals surface area contributed by atoms with E-state index in [1.807, 2.05) is 91.0 Å². The van der Waals surface area contributed by atoms with E-state index in [0.717, 1.165) is 84.4 Å². The van der Waals surface area contributed by atoms with Crippen LogP contribution in [0.2, 0.25) is 0 Å². The van der Waals surface area contributed by atoms with Gasteiger partial charge in [-0.25, -0.2) is 15.0 Å². The molecule has 0 aliphatic heterocycles. The highest BCUT2D eigenvalue weighted by atomic mass is 16.3. The van der Waals surface area contributed by atoms with E-state index in [0.29, 0.717) is 0 Å². The Hall–Kier alpha value is -12.7. The second kappa shape index (κ2) is 33.9. The first-order valence-electron chi connectivity index (χ1n) is 41.3. The molecule has 7 nitrogen and oxygen atoms in total. The Morgan fingerprint density at radius 1 is 0.220 bits per heavy atom. The van der Waals surface area contributed by atoms with Crippen molar-refractivity contribution in [1.82, 2.24) is 19.5 Å². The number of hydrogen-bond acceptors (Lipinski definition) is 6. The lowest BCUT2D eigenvalue weighted by Crippen LogP contribution is -2.16. The van der Waals surface area contributed by atoms with Crippen molar-refractivity contribution in [2.75, 3.05) is 0 Å². The second-order valence-electron chi connectivity index (χ2n) is 36.8. The zero-order valence-corrected chi connectivity index (χ0v) is 71.8. The predicted molar refractivity (Wildman–Crippen MR) is 502 cm³/mol. The highest BCUT2D eigenvalue weighted by Crippen LogP contribution is 2.41. The fourth-order valence-corrected chi connectivity index (χ4v) is 15.0. The molecule has 0 unspecified atom stereocenters. The minimum absolute atomic E-state index is 0.0890. The Bertz CT molecular complexity index is 6370. The van der Waals surface area contributed by atoms with Crippen LogP contribution in [0.1, 0.15) is 158 Å². The Morgan fingerprint density at radius 2 is 0.576 bits per heavy atom. The zero-order valence-electron chi connectivity index (χ0n) is 71.8. The number of aromatic nitrogens is 4. The summed E-state index contributed by atoms with van der Waals surface area (Å²) >= 11 is 0. The summed E-state index contributed by atoms with van der Waals surface area (Å²) in [6.45, 7) is 40.0. The maximum atomic E-state index is 6.01. The van der Waals surface area contributed by atoms with Crippen molar-refractivity contribution < 1.29 is 13.3 Å². The van der Waals surface area contributed by atoms with E-state index in [1.165, 1.54) is 87.6 Å². The molecule has 6 aromatic heterocycles. The standard InChI is InChI=1S/C22H21N.C21H21N.C20H20N2.3C16H16O/c1-22(2,3)16-13-14-21-19(15-16)18-11-7-8-12-20(18)23(21)17-9-5-4-6-10-17;1-21(2,3)18-14-19(16-10-6-4-7-11-16)22-20(15-18)17-12-8-5-9-13-17;1-20(2,3)19-21-17(15-10-6-4-7-11-15)14-18(22-19)16-12-8-5-9-13-16;1-16(2,3)13-9-6-8-12-11-7-4-5-10-14(11)17-15(12)13;1-16(2,3)12-8-6-10-14-15(12)11-7-4-5-9-13(11)17-14;1-16(2,3)11-8-9-15-13(10-11)12-6-4-5-7-14(12)17-15/h4-15H,1-3H3;4-15H,1-3H3;4-14H,1-3H3;3*4-10H,1-3H3. The number of rotatable bonds is 5. The average molecular weight is 1550 g/mol. The molecule has 0 atom stereocenters. The van der Waals surface area contributed by atoms with Crippen LogP contribution in [-0.2, 0) is 32.5 Å². The topological polar surface area (TPSA) is 83.0 Å². The minimum Gasteiger partial charge on any atom is -0.456 e. The fraction of sp³-hybridized carbons (Fsp3) is 0.216. The van der Waals surface area contributed by atoms with Crippen molar-refractivity contribution >= 4 is 87.6 Å². The number of fused-ring (bicyclic) bond motifs is 12. The summed E-state index contributed by atoms with van der Waals surface area (Å²) in [7, 11) is 0. The van der Waals surface area contributed by atoms with Crippen LogP contribution in [0.3, 0.4) is 0 Å². The molecule has 0 saturated heterocycles. The molecule has 0 amide bonds. The van der Waals surface area contributed by atoms with Gasteiger partial charge in [-0.1, -0.05) is 379 Å². The van der Waals surface area contributed by atoms with Crippen molar-refractivity contribution in [2.45, 2.75) is 157 Å².